The van der Waals surface area contributed by atoms with Crippen LogP contribution in [-0.4, -0.2) is 30.8 Å². The molecule has 6 nitrogen and oxygen atoms in total. The lowest BCUT2D eigenvalue weighted by Gasteiger charge is -2.52. The molecular weight excluding hydrogens is 328 g/mol. The van der Waals surface area contributed by atoms with Crippen LogP contribution in [0.5, 0.6) is 0 Å². The molecule has 2 aromatic rings. The van der Waals surface area contributed by atoms with Crippen LogP contribution >= 0.6 is 0 Å². The Morgan fingerprint density at radius 2 is 1.96 bits per heavy atom. The summed E-state index contributed by atoms with van der Waals surface area (Å²) in [6.07, 6.45) is 1.30. The third-order valence-corrected chi connectivity index (χ3v) is 7.20. The molecule has 2 heterocycles. The van der Waals surface area contributed by atoms with E-state index in [1.165, 1.54) is 6.07 Å². The Bertz CT molecular complexity index is 1000. The number of carbonyl (C=O) groups excluding carboxylic acids is 1. The Morgan fingerprint density at radius 3 is 2.62 bits per heavy atom. The van der Waals surface area contributed by atoms with Crippen LogP contribution < -0.4 is 10.9 Å². The Hall–Kier alpha value is -2.15. The summed E-state index contributed by atoms with van der Waals surface area (Å²) < 4.78 is 22.6. The van der Waals surface area contributed by atoms with Crippen molar-refractivity contribution < 1.29 is 13.2 Å². The molecule has 0 radical (unpaired) electrons. The lowest BCUT2D eigenvalue weighted by molar-refractivity contribution is -0.126. The zero-order valence-electron chi connectivity index (χ0n) is 13.3. The van der Waals surface area contributed by atoms with Gasteiger partial charge in [-0.25, -0.2) is 8.42 Å². The summed E-state index contributed by atoms with van der Waals surface area (Å²) >= 11 is 0. The molecule has 4 rings (SSSR count). The maximum absolute atomic E-state index is 12.3. The molecule has 2 fully saturated rings. The van der Waals surface area contributed by atoms with Crippen LogP contribution in [0.4, 0.5) is 5.69 Å². The molecule has 24 heavy (non-hydrogen) atoms. The minimum Gasteiger partial charge on any atom is -0.326 e. The van der Waals surface area contributed by atoms with Gasteiger partial charge in [-0.1, -0.05) is 0 Å². The number of fused-ring (bicyclic) bond motifs is 1. The van der Waals surface area contributed by atoms with Gasteiger partial charge in [-0.3, -0.25) is 9.59 Å². The number of sulfone groups is 1. The molecular formula is C17H18N2O4S. The van der Waals surface area contributed by atoms with E-state index in [1.807, 2.05) is 13.0 Å². The molecule has 1 aliphatic carbocycles. The summed E-state index contributed by atoms with van der Waals surface area (Å²) in [7, 11) is -2.85. The van der Waals surface area contributed by atoms with Gasteiger partial charge in [-0.05, 0) is 48.9 Å². The van der Waals surface area contributed by atoms with Gasteiger partial charge in [0.15, 0.2) is 9.84 Å². The maximum Gasteiger partial charge on any atom is 0.248 e. The van der Waals surface area contributed by atoms with Gasteiger partial charge in [0, 0.05) is 28.6 Å². The van der Waals surface area contributed by atoms with Crippen LogP contribution in [0.15, 0.2) is 29.1 Å². The predicted molar refractivity (Wildman–Crippen MR) is 91.7 cm³/mol. The highest BCUT2D eigenvalue weighted by molar-refractivity contribution is 7.92. The molecule has 1 aromatic heterocycles. The number of carbonyl (C=O) groups is 1. The summed E-state index contributed by atoms with van der Waals surface area (Å²) in [5, 5.41) is 3.80. The number of pyridine rings is 1. The van der Waals surface area contributed by atoms with Crippen molar-refractivity contribution in [1.29, 1.82) is 0 Å². The standard InChI is InChI=1S/C17H18N2O4S/c1-10-4-15(20)19-14-3-2-12(5-13(10)14)18-16(21)11-6-17(7-11)8-24(22,23)9-17/h2-5,11H,6-9H2,1H3,(H,18,21)(H,19,20). The minimum absolute atomic E-state index is 0.0636. The van der Waals surface area contributed by atoms with Crippen molar-refractivity contribution in [1.82, 2.24) is 4.98 Å². The van der Waals surface area contributed by atoms with Crippen LogP contribution in [0, 0.1) is 18.3 Å². The van der Waals surface area contributed by atoms with Gasteiger partial charge in [0.2, 0.25) is 11.5 Å². The highest BCUT2D eigenvalue weighted by Crippen LogP contribution is 2.53. The Kier molecular flexibility index (Phi) is 3.16. The summed E-state index contributed by atoms with van der Waals surface area (Å²) in [6.45, 7) is 1.86. The topological polar surface area (TPSA) is 96.1 Å². The highest BCUT2D eigenvalue weighted by atomic mass is 32.2. The normalized spacial score (nSPS) is 21.2. The van der Waals surface area contributed by atoms with Crippen molar-refractivity contribution in [3.8, 4) is 0 Å². The van der Waals surface area contributed by atoms with Crippen molar-refractivity contribution in [2.24, 2.45) is 11.3 Å². The van der Waals surface area contributed by atoms with Gasteiger partial charge in [-0.15, -0.1) is 0 Å². The van der Waals surface area contributed by atoms with E-state index in [2.05, 4.69) is 10.3 Å². The lowest BCUT2D eigenvalue weighted by Crippen LogP contribution is -2.58. The Morgan fingerprint density at radius 1 is 1.25 bits per heavy atom. The minimum atomic E-state index is -2.85. The number of benzene rings is 1. The quantitative estimate of drug-likeness (QED) is 0.863. The predicted octanol–water partition coefficient (Wildman–Crippen LogP) is 1.60. The first-order valence-electron chi connectivity index (χ1n) is 7.90. The van der Waals surface area contributed by atoms with Gasteiger partial charge in [0.25, 0.3) is 0 Å². The highest BCUT2D eigenvalue weighted by Gasteiger charge is 2.57. The van der Waals surface area contributed by atoms with Crippen LogP contribution in [0.25, 0.3) is 10.9 Å². The first-order chi connectivity index (χ1) is 11.3. The van der Waals surface area contributed by atoms with E-state index in [-0.39, 0.29) is 34.3 Å². The second-order valence-electron chi connectivity index (χ2n) is 7.20. The largest absolute Gasteiger partial charge is 0.326 e. The lowest BCUT2D eigenvalue weighted by atomic mass is 9.63. The van der Waals surface area contributed by atoms with E-state index < -0.39 is 9.84 Å². The number of aryl methyl sites for hydroxylation is 1. The van der Waals surface area contributed by atoms with Gasteiger partial charge in [-0.2, -0.15) is 0 Å². The van der Waals surface area contributed by atoms with Gasteiger partial charge < -0.3 is 10.3 Å². The van der Waals surface area contributed by atoms with Crippen molar-refractivity contribution in [3.05, 3.63) is 40.2 Å². The van der Waals surface area contributed by atoms with Crippen molar-refractivity contribution >= 4 is 32.3 Å². The van der Waals surface area contributed by atoms with Gasteiger partial charge in [0.05, 0.1) is 11.5 Å². The van der Waals surface area contributed by atoms with Crippen LogP contribution in [0.1, 0.15) is 18.4 Å². The molecule has 1 spiro atoms. The number of aromatic nitrogens is 1. The molecule has 0 atom stereocenters. The third kappa shape index (κ3) is 2.53. The molecule has 1 saturated heterocycles. The summed E-state index contributed by atoms with van der Waals surface area (Å²) in [5.41, 5.74) is 1.99. The number of rotatable bonds is 2. The number of hydrogen-bond donors (Lipinski definition) is 2. The van der Waals surface area contributed by atoms with Crippen LogP contribution in [0.2, 0.25) is 0 Å². The molecule has 1 aromatic carbocycles. The second kappa shape index (κ2) is 4.92. The summed E-state index contributed by atoms with van der Waals surface area (Å²) in [6, 6.07) is 6.92. The molecule has 0 bridgehead atoms. The van der Waals surface area contributed by atoms with Crippen molar-refractivity contribution in [2.45, 2.75) is 19.8 Å². The monoisotopic (exact) mass is 346 g/mol. The molecule has 1 aliphatic heterocycles. The Labute approximate surface area is 139 Å². The van der Waals surface area contributed by atoms with E-state index in [4.69, 9.17) is 0 Å². The number of amides is 1. The molecule has 1 saturated carbocycles. The average Bonchev–Trinajstić information content (AvgIpc) is 2.42. The number of nitrogens with one attached hydrogen (secondary N) is 2. The molecule has 2 N–H and O–H groups in total. The summed E-state index contributed by atoms with van der Waals surface area (Å²) in [5.74, 6) is 0.276. The van der Waals surface area contributed by atoms with Gasteiger partial charge in [0.1, 0.15) is 0 Å². The zero-order valence-corrected chi connectivity index (χ0v) is 14.1. The average molecular weight is 346 g/mol. The Balaban J connectivity index is 1.47. The molecule has 1 amide bonds. The van der Waals surface area contributed by atoms with E-state index in [9.17, 15) is 18.0 Å². The number of anilines is 1. The molecule has 126 valence electrons. The van der Waals surface area contributed by atoms with E-state index in [0.717, 1.165) is 16.5 Å². The molecule has 0 unspecified atom stereocenters. The van der Waals surface area contributed by atoms with Gasteiger partial charge >= 0.3 is 0 Å². The van der Waals surface area contributed by atoms with Crippen LogP contribution in [-0.2, 0) is 14.6 Å². The third-order valence-electron chi connectivity index (χ3n) is 5.10. The zero-order chi connectivity index (χ0) is 17.1. The first-order valence-corrected chi connectivity index (χ1v) is 9.73. The molecule has 7 heteroatoms. The maximum atomic E-state index is 12.3. The van der Waals surface area contributed by atoms with Crippen molar-refractivity contribution in [3.63, 3.8) is 0 Å². The fraction of sp³-hybridized carbons (Fsp3) is 0.412. The van der Waals surface area contributed by atoms with E-state index >= 15 is 0 Å². The van der Waals surface area contributed by atoms with Crippen LogP contribution in [0.3, 0.4) is 0 Å². The summed E-state index contributed by atoms with van der Waals surface area (Å²) in [4.78, 5) is 26.6. The van der Waals surface area contributed by atoms with Crippen molar-refractivity contribution in [2.75, 3.05) is 16.8 Å². The van der Waals surface area contributed by atoms with E-state index in [1.54, 1.807) is 12.1 Å². The second-order valence-corrected chi connectivity index (χ2v) is 9.27. The number of H-pyrrole nitrogens is 1. The number of aromatic amines is 1. The SMILES string of the molecule is Cc1cc(=O)[nH]c2ccc(NC(=O)C3CC4(C3)CS(=O)(=O)C4)cc12. The molecule has 2 aliphatic rings. The fourth-order valence-corrected chi connectivity index (χ4v) is 6.30. The fourth-order valence-electron chi connectivity index (χ4n) is 4.04. The first kappa shape index (κ1) is 15.4. The number of hydrogen-bond acceptors (Lipinski definition) is 4. The van der Waals surface area contributed by atoms with E-state index in [0.29, 0.717) is 18.5 Å². The smallest absolute Gasteiger partial charge is 0.248 e.